The van der Waals surface area contributed by atoms with Gasteiger partial charge in [0.2, 0.25) is 0 Å². The van der Waals surface area contributed by atoms with Gasteiger partial charge in [0.25, 0.3) is 0 Å². The number of carbonyl (C=O) groups excluding carboxylic acids is 1. The molecule has 0 aromatic carbocycles. The summed E-state index contributed by atoms with van der Waals surface area (Å²) in [6.07, 6.45) is 0.578. The van der Waals surface area contributed by atoms with Crippen LogP contribution in [0, 0.1) is 0 Å². The van der Waals surface area contributed by atoms with Crippen molar-refractivity contribution in [3.63, 3.8) is 0 Å². The average molecular weight is 288 g/mol. The predicted octanol–water partition coefficient (Wildman–Crippen LogP) is 0.688. The second kappa shape index (κ2) is 8.06. The Kier molecular flexibility index (Phi) is 6.74. The summed E-state index contributed by atoms with van der Waals surface area (Å²) in [6, 6.07) is -0.364. The number of hydrogen-bond donors (Lipinski definition) is 2. The topological polar surface area (TPSA) is 88.1 Å². The van der Waals surface area contributed by atoms with Crippen LogP contribution < -0.4 is 5.32 Å². The van der Waals surface area contributed by atoms with Gasteiger partial charge in [0.15, 0.2) is 0 Å². The number of urea groups is 1. The zero-order valence-corrected chi connectivity index (χ0v) is 12.2. The summed E-state index contributed by atoms with van der Waals surface area (Å²) in [5.74, 6) is -1.00. The summed E-state index contributed by atoms with van der Waals surface area (Å²) >= 11 is 0. The first-order valence-electron chi connectivity index (χ1n) is 7.01. The Morgan fingerprint density at radius 3 is 2.50 bits per heavy atom. The second-order valence-electron chi connectivity index (χ2n) is 4.71. The molecule has 0 spiro atoms. The number of carboxylic acid groups (broad SMARTS) is 1. The highest BCUT2D eigenvalue weighted by atomic mass is 16.5. The van der Waals surface area contributed by atoms with Gasteiger partial charge in [-0.25, -0.2) is 9.59 Å². The van der Waals surface area contributed by atoms with Crippen molar-refractivity contribution in [1.29, 1.82) is 0 Å². The quantitative estimate of drug-likeness (QED) is 0.673. The molecule has 0 saturated carbocycles. The van der Waals surface area contributed by atoms with Gasteiger partial charge >= 0.3 is 12.0 Å². The maximum atomic E-state index is 12.2. The molecular weight excluding hydrogens is 264 g/mol. The Bertz CT molecular complexity index is 329. The van der Waals surface area contributed by atoms with Crippen LogP contribution in [0.3, 0.4) is 0 Å². The summed E-state index contributed by atoms with van der Waals surface area (Å²) in [6.45, 7) is 6.42. The van der Waals surface area contributed by atoms with E-state index in [0.717, 1.165) is 0 Å². The van der Waals surface area contributed by atoms with E-state index in [0.29, 0.717) is 39.5 Å². The van der Waals surface area contributed by atoms with Crippen LogP contribution in [-0.2, 0) is 14.3 Å². The van der Waals surface area contributed by atoms with Crippen LogP contribution in [0.1, 0.15) is 26.7 Å². The molecule has 0 aromatic heterocycles. The van der Waals surface area contributed by atoms with Gasteiger partial charge in [-0.1, -0.05) is 0 Å². The number of likely N-dealkylation sites (N-methyl/N-ethyl adjacent to an activating group) is 1. The summed E-state index contributed by atoms with van der Waals surface area (Å²) in [4.78, 5) is 25.2. The SMILES string of the molecule is CCOCCN(CC)C(=O)NC1(C(=O)O)CCOCC1. The largest absolute Gasteiger partial charge is 0.480 e. The van der Waals surface area contributed by atoms with Crippen molar-refractivity contribution in [3.8, 4) is 0 Å². The van der Waals surface area contributed by atoms with E-state index in [-0.39, 0.29) is 18.9 Å². The Hall–Kier alpha value is -1.34. The van der Waals surface area contributed by atoms with Gasteiger partial charge in [0.05, 0.1) is 6.61 Å². The Balaban J connectivity index is 2.62. The van der Waals surface area contributed by atoms with Gasteiger partial charge in [0.1, 0.15) is 5.54 Å². The number of carboxylic acids is 1. The van der Waals surface area contributed by atoms with Crippen LogP contribution in [0.25, 0.3) is 0 Å². The van der Waals surface area contributed by atoms with E-state index in [9.17, 15) is 14.7 Å². The van der Waals surface area contributed by atoms with Crippen molar-refractivity contribution in [2.75, 3.05) is 39.5 Å². The number of aliphatic carboxylic acids is 1. The first-order chi connectivity index (χ1) is 9.55. The van der Waals surface area contributed by atoms with Crippen LogP contribution in [0.5, 0.6) is 0 Å². The minimum atomic E-state index is -1.21. The van der Waals surface area contributed by atoms with Crippen LogP contribution in [0.15, 0.2) is 0 Å². The summed E-state index contributed by atoms with van der Waals surface area (Å²) in [5, 5.41) is 12.1. The number of hydrogen-bond acceptors (Lipinski definition) is 4. The third-order valence-electron chi connectivity index (χ3n) is 3.48. The lowest BCUT2D eigenvalue weighted by Gasteiger charge is -2.35. The number of carbonyl (C=O) groups is 2. The molecule has 7 nitrogen and oxygen atoms in total. The van der Waals surface area contributed by atoms with Crippen molar-refractivity contribution >= 4 is 12.0 Å². The number of rotatable bonds is 7. The highest BCUT2D eigenvalue weighted by Gasteiger charge is 2.42. The molecule has 0 aliphatic carbocycles. The zero-order valence-electron chi connectivity index (χ0n) is 12.2. The lowest BCUT2D eigenvalue weighted by atomic mass is 9.90. The van der Waals surface area contributed by atoms with Crippen LogP contribution in [0.4, 0.5) is 4.79 Å². The van der Waals surface area contributed by atoms with Gasteiger partial charge in [-0.15, -0.1) is 0 Å². The number of nitrogens with one attached hydrogen (secondary N) is 1. The average Bonchev–Trinajstić information content (AvgIpc) is 2.44. The molecular formula is C13H24N2O5. The molecule has 7 heteroatoms. The van der Waals surface area contributed by atoms with Crippen LogP contribution in [0.2, 0.25) is 0 Å². The number of nitrogens with zero attached hydrogens (tertiary/aromatic N) is 1. The van der Waals surface area contributed by atoms with E-state index >= 15 is 0 Å². The summed E-state index contributed by atoms with van der Waals surface area (Å²) in [5.41, 5.74) is -1.21. The first-order valence-corrected chi connectivity index (χ1v) is 7.01. The highest BCUT2D eigenvalue weighted by molar-refractivity contribution is 5.86. The molecule has 0 unspecified atom stereocenters. The van der Waals surface area contributed by atoms with Gasteiger partial charge in [-0.05, 0) is 13.8 Å². The Morgan fingerprint density at radius 2 is 2.00 bits per heavy atom. The lowest BCUT2D eigenvalue weighted by Crippen LogP contribution is -2.60. The zero-order chi connectivity index (χ0) is 15.0. The smallest absolute Gasteiger partial charge is 0.329 e. The fourth-order valence-electron chi connectivity index (χ4n) is 2.12. The fourth-order valence-corrected chi connectivity index (χ4v) is 2.12. The van der Waals surface area contributed by atoms with E-state index in [1.165, 1.54) is 0 Å². The number of ether oxygens (including phenoxy) is 2. The van der Waals surface area contributed by atoms with Crippen molar-refractivity contribution in [2.45, 2.75) is 32.2 Å². The molecule has 1 rings (SSSR count). The maximum Gasteiger partial charge on any atom is 0.329 e. The lowest BCUT2D eigenvalue weighted by molar-refractivity contribution is -0.148. The molecule has 0 bridgehead atoms. The second-order valence-corrected chi connectivity index (χ2v) is 4.71. The predicted molar refractivity (Wildman–Crippen MR) is 72.7 cm³/mol. The molecule has 20 heavy (non-hydrogen) atoms. The van der Waals surface area contributed by atoms with E-state index in [4.69, 9.17) is 9.47 Å². The third kappa shape index (κ3) is 4.35. The van der Waals surface area contributed by atoms with Crippen molar-refractivity contribution < 1.29 is 24.2 Å². The molecule has 116 valence electrons. The van der Waals surface area contributed by atoms with Gasteiger partial charge in [-0.2, -0.15) is 0 Å². The van der Waals surface area contributed by atoms with E-state index in [1.54, 1.807) is 4.90 Å². The van der Waals surface area contributed by atoms with Crippen LogP contribution >= 0.6 is 0 Å². The summed E-state index contributed by atoms with van der Waals surface area (Å²) < 4.78 is 10.4. The molecule has 1 heterocycles. The van der Waals surface area contributed by atoms with Crippen molar-refractivity contribution in [1.82, 2.24) is 10.2 Å². The molecule has 1 saturated heterocycles. The van der Waals surface area contributed by atoms with Crippen molar-refractivity contribution in [2.24, 2.45) is 0 Å². The maximum absolute atomic E-state index is 12.2. The molecule has 1 aliphatic heterocycles. The summed E-state index contributed by atoms with van der Waals surface area (Å²) in [7, 11) is 0. The Morgan fingerprint density at radius 1 is 1.35 bits per heavy atom. The van der Waals surface area contributed by atoms with Crippen molar-refractivity contribution in [3.05, 3.63) is 0 Å². The van der Waals surface area contributed by atoms with Gasteiger partial charge in [-0.3, -0.25) is 0 Å². The molecule has 2 amide bonds. The first kappa shape index (κ1) is 16.7. The molecule has 2 N–H and O–H groups in total. The Labute approximate surface area is 119 Å². The molecule has 0 atom stereocenters. The standard InChI is InChI=1S/C13H24N2O5/c1-3-15(7-10-19-4-2)12(18)14-13(11(16)17)5-8-20-9-6-13/h3-10H2,1-2H3,(H,14,18)(H,16,17). The molecule has 1 aliphatic rings. The monoisotopic (exact) mass is 288 g/mol. The van der Waals surface area contributed by atoms with Crippen LogP contribution in [-0.4, -0.2) is 67.1 Å². The van der Waals surface area contributed by atoms with E-state index < -0.39 is 11.5 Å². The molecule has 0 aromatic rings. The minimum absolute atomic E-state index is 0.289. The normalized spacial score (nSPS) is 17.5. The van der Waals surface area contributed by atoms with Gasteiger partial charge in [0, 0.05) is 45.8 Å². The van der Waals surface area contributed by atoms with E-state index in [1.807, 2.05) is 13.8 Å². The number of amides is 2. The third-order valence-corrected chi connectivity index (χ3v) is 3.48. The minimum Gasteiger partial charge on any atom is -0.480 e. The van der Waals surface area contributed by atoms with E-state index in [2.05, 4.69) is 5.32 Å². The highest BCUT2D eigenvalue weighted by Crippen LogP contribution is 2.21. The molecule has 1 fully saturated rings. The molecule has 0 radical (unpaired) electrons. The van der Waals surface area contributed by atoms with Gasteiger partial charge < -0.3 is 24.8 Å². The fraction of sp³-hybridized carbons (Fsp3) is 0.846.